The van der Waals surface area contributed by atoms with Crippen LogP contribution >= 0.6 is 0 Å². The van der Waals surface area contributed by atoms with Gasteiger partial charge in [0.2, 0.25) is 0 Å². The maximum Gasteiger partial charge on any atom is 0.416 e. The van der Waals surface area contributed by atoms with E-state index in [0.717, 1.165) is 24.8 Å². The van der Waals surface area contributed by atoms with Crippen molar-refractivity contribution in [2.75, 3.05) is 0 Å². The summed E-state index contributed by atoms with van der Waals surface area (Å²) in [7, 11) is 0. The highest BCUT2D eigenvalue weighted by Crippen LogP contribution is 2.40. The Morgan fingerprint density at radius 2 is 1.94 bits per heavy atom. The number of benzene rings is 1. The van der Waals surface area contributed by atoms with Gasteiger partial charge >= 0.3 is 6.18 Å². The molecule has 1 aliphatic carbocycles. The van der Waals surface area contributed by atoms with Gasteiger partial charge in [-0.05, 0) is 36.0 Å². The van der Waals surface area contributed by atoms with Crippen LogP contribution in [-0.4, -0.2) is 0 Å². The summed E-state index contributed by atoms with van der Waals surface area (Å²) in [5, 5.41) is 0. The molecule has 0 unspecified atom stereocenters. The largest absolute Gasteiger partial charge is 0.416 e. The summed E-state index contributed by atoms with van der Waals surface area (Å²) in [6, 6.07) is 4.58. The Labute approximate surface area is 92.8 Å². The first-order valence-corrected chi connectivity index (χ1v) is 5.36. The molecule has 0 spiro atoms. The molecule has 86 valence electrons. The summed E-state index contributed by atoms with van der Waals surface area (Å²) < 4.78 is 38.3. The van der Waals surface area contributed by atoms with Crippen LogP contribution in [0.15, 0.2) is 24.8 Å². The maximum absolute atomic E-state index is 12.8. The van der Waals surface area contributed by atoms with Crippen LogP contribution in [0.25, 0.3) is 6.08 Å². The molecule has 0 heterocycles. The van der Waals surface area contributed by atoms with Crippen LogP contribution in [0.1, 0.15) is 41.9 Å². The summed E-state index contributed by atoms with van der Waals surface area (Å²) in [6.07, 6.45) is 0.0986. The van der Waals surface area contributed by atoms with E-state index in [4.69, 9.17) is 0 Å². The molecule has 1 aromatic rings. The van der Waals surface area contributed by atoms with E-state index in [1.807, 2.05) is 0 Å². The number of hydrogen-bond donors (Lipinski definition) is 0. The van der Waals surface area contributed by atoms with Crippen LogP contribution < -0.4 is 0 Å². The first kappa shape index (κ1) is 11.2. The predicted molar refractivity (Wildman–Crippen MR) is 58.1 cm³/mol. The first-order chi connectivity index (χ1) is 7.52. The van der Waals surface area contributed by atoms with Crippen molar-refractivity contribution in [1.29, 1.82) is 0 Å². The lowest BCUT2D eigenvalue weighted by atomic mass is 9.79. The smallest absolute Gasteiger partial charge is 0.166 e. The molecule has 2 rings (SSSR count). The van der Waals surface area contributed by atoms with E-state index in [1.54, 1.807) is 6.07 Å². The molecule has 0 nitrogen and oxygen atoms in total. The summed E-state index contributed by atoms with van der Waals surface area (Å²) >= 11 is 0. The summed E-state index contributed by atoms with van der Waals surface area (Å²) in [4.78, 5) is 0. The molecule has 1 saturated carbocycles. The van der Waals surface area contributed by atoms with Gasteiger partial charge in [0.05, 0.1) is 5.56 Å². The average molecular weight is 226 g/mol. The molecule has 0 aliphatic heterocycles. The topological polar surface area (TPSA) is 0 Å². The average Bonchev–Trinajstić information content (AvgIpc) is 2.13. The van der Waals surface area contributed by atoms with Crippen molar-refractivity contribution < 1.29 is 13.2 Å². The van der Waals surface area contributed by atoms with E-state index in [-0.39, 0.29) is 5.56 Å². The Morgan fingerprint density at radius 3 is 2.38 bits per heavy atom. The lowest BCUT2D eigenvalue weighted by Gasteiger charge is -2.26. The lowest BCUT2D eigenvalue weighted by Crippen LogP contribution is -2.12. The normalized spacial score (nSPS) is 16.9. The van der Waals surface area contributed by atoms with Crippen LogP contribution in [0.3, 0.4) is 0 Å². The van der Waals surface area contributed by atoms with Crippen molar-refractivity contribution in [1.82, 2.24) is 0 Å². The number of rotatable bonds is 2. The van der Waals surface area contributed by atoms with Crippen molar-refractivity contribution in [2.45, 2.75) is 31.4 Å². The molecule has 1 fully saturated rings. The second kappa shape index (κ2) is 3.96. The zero-order valence-electron chi connectivity index (χ0n) is 8.85. The molecular formula is C13H13F3. The third kappa shape index (κ3) is 1.99. The second-order valence-electron chi connectivity index (χ2n) is 4.18. The number of halogens is 3. The minimum atomic E-state index is -4.29. The van der Waals surface area contributed by atoms with Crippen molar-refractivity contribution in [3.05, 3.63) is 41.5 Å². The van der Waals surface area contributed by atoms with Gasteiger partial charge in [-0.25, -0.2) is 0 Å². The van der Waals surface area contributed by atoms with Gasteiger partial charge in [0.1, 0.15) is 0 Å². The Balaban J connectivity index is 2.42. The van der Waals surface area contributed by atoms with Gasteiger partial charge in [-0.2, -0.15) is 13.2 Å². The Bertz CT molecular complexity index is 400. The molecule has 1 aromatic carbocycles. The number of hydrogen-bond acceptors (Lipinski definition) is 0. The van der Waals surface area contributed by atoms with E-state index >= 15 is 0 Å². The fourth-order valence-corrected chi connectivity index (χ4v) is 1.99. The second-order valence-corrected chi connectivity index (χ2v) is 4.18. The molecule has 3 heteroatoms. The summed E-state index contributed by atoms with van der Waals surface area (Å²) in [5.74, 6) is 0.319. The molecule has 0 N–H and O–H groups in total. The molecule has 16 heavy (non-hydrogen) atoms. The zero-order chi connectivity index (χ0) is 11.8. The molecule has 0 aromatic heterocycles. The minimum Gasteiger partial charge on any atom is -0.166 e. The van der Waals surface area contributed by atoms with E-state index in [9.17, 15) is 13.2 Å². The van der Waals surface area contributed by atoms with Crippen LogP contribution in [0.2, 0.25) is 0 Å². The third-order valence-corrected chi connectivity index (χ3v) is 3.18. The van der Waals surface area contributed by atoms with Gasteiger partial charge in [-0.15, -0.1) is 0 Å². The van der Waals surface area contributed by atoms with Crippen molar-refractivity contribution >= 4 is 6.08 Å². The molecule has 0 bridgehead atoms. The third-order valence-electron chi connectivity index (χ3n) is 3.18. The van der Waals surface area contributed by atoms with Gasteiger partial charge in [0.25, 0.3) is 0 Å². The molecule has 1 aliphatic rings. The summed E-state index contributed by atoms with van der Waals surface area (Å²) in [5.41, 5.74) is 0.409. The standard InChI is InChI=1S/C13H13F3/c1-2-9-6-7-11(10-4-3-5-10)8-12(9)13(14,15)16/h2,6-8,10H,1,3-5H2. The van der Waals surface area contributed by atoms with Crippen LogP contribution in [0.5, 0.6) is 0 Å². The van der Waals surface area contributed by atoms with Gasteiger partial charge < -0.3 is 0 Å². The SMILES string of the molecule is C=Cc1ccc(C2CCC2)cc1C(F)(F)F. The lowest BCUT2D eigenvalue weighted by molar-refractivity contribution is -0.137. The molecule has 0 atom stereocenters. The highest BCUT2D eigenvalue weighted by molar-refractivity contribution is 5.54. The van der Waals surface area contributed by atoms with Crippen molar-refractivity contribution in [2.24, 2.45) is 0 Å². The minimum absolute atomic E-state index is 0.163. The zero-order valence-corrected chi connectivity index (χ0v) is 8.85. The monoisotopic (exact) mass is 226 g/mol. The molecule has 0 radical (unpaired) electrons. The van der Waals surface area contributed by atoms with Gasteiger partial charge in [0.15, 0.2) is 0 Å². The maximum atomic E-state index is 12.8. The van der Waals surface area contributed by atoms with E-state index < -0.39 is 11.7 Å². The highest BCUT2D eigenvalue weighted by Gasteiger charge is 2.33. The molecule has 0 amide bonds. The first-order valence-electron chi connectivity index (χ1n) is 5.36. The fraction of sp³-hybridized carbons (Fsp3) is 0.385. The Morgan fingerprint density at radius 1 is 1.25 bits per heavy atom. The quantitative estimate of drug-likeness (QED) is 0.690. The van der Waals surface area contributed by atoms with E-state index in [2.05, 4.69) is 6.58 Å². The van der Waals surface area contributed by atoms with Crippen molar-refractivity contribution in [3.63, 3.8) is 0 Å². The van der Waals surface area contributed by atoms with Gasteiger partial charge in [-0.3, -0.25) is 0 Å². The predicted octanol–water partition coefficient (Wildman–Crippen LogP) is 4.62. The van der Waals surface area contributed by atoms with Gasteiger partial charge in [-0.1, -0.05) is 31.2 Å². The molecular weight excluding hydrogens is 213 g/mol. The van der Waals surface area contributed by atoms with Crippen LogP contribution in [0.4, 0.5) is 13.2 Å². The van der Waals surface area contributed by atoms with Gasteiger partial charge in [0, 0.05) is 0 Å². The highest BCUT2D eigenvalue weighted by atomic mass is 19.4. The Kier molecular flexibility index (Phi) is 2.78. The van der Waals surface area contributed by atoms with Crippen LogP contribution in [0, 0.1) is 0 Å². The number of alkyl halides is 3. The molecule has 0 saturated heterocycles. The van der Waals surface area contributed by atoms with Crippen LogP contribution in [-0.2, 0) is 6.18 Å². The fourth-order valence-electron chi connectivity index (χ4n) is 1.99. The van der Waals surface area contributed by atoms with E-state index in [1.165, 1.54) is 18.2 Å². The van der Waals surface area contributed by atoms with Crippen molar-refractivity contribution in [3.8, 4) is 0 Å². The van der Waals surface area contributed by atoms with E-state index in [0.29, 0.717) is 5.92 Å². The Hall–Kier alpha value is -1.25. The summed E-state index contributed by atoms with van der Waals surface area (Å²) in [6.45, 7) is 3.41.